The van der Waals surface area contributed by atoms with Gasteiger partial charge in [-0.25, -0.2) is 9.07 Å². The number of hydrogen-bond donors (Lipinski definition) is 0. The minimum Gasteiger partial charge on any atom is -0.464 e. The maximum atomic E-state index is 14.1. The van der Waals surface area contributed by atoms with Crippen LogP contribution in [-0.2, 0) is 4.74 Å². The number of nitrogens with zero attached hydrogens (tertiary/aromatic N) is 2. The molecule has 0 N–H and O–H groups in total. The molecule has 0 aliphatic rings. The summed E-state index contributed by atoms with van der Waals surface area (Å²) in [4.78, 5) is 0. The molecule has 3 rings (SSSR count). The summed E-state index contributed by atoms with van der Waals surface area (Å²) >= 11 is 3.41. The molecule has 0 bridgehead atoms. The molecule has 1 heterocycles. The van der Waals surface area contributed by atoms with Crippen molar-refractivity contribution in [1.82, 2.24) is 9.78 Å². The lowest BCUT2D eigenvalue weighted by Gasteiger charge is -2.12. The highest BCUT2D eigenvalue weighted by molar-refractivity contribution is 9.10. The SMILES string of the molecule is COCOc1c(F)cc2cnn(-c3ccc(Br)cc3)c2c1C. The number of ether oxygens (including phenoxy) is 2. The molecule has 0 radical (unpaired) electrons. The zero-order valence-corrected chi connectivity index (χ0v) is 13.7. The fourth-order valence-corrected chi connectivity index (χ4v) is 2.67. The minimum atomic E-state index is -0.419. The third-order valence-electron chi connectivity index (χ3n) is 3.38. The average molecular weight is 365 g/mol. The summed E-state index contributed by atoms with van der Waals surface area (Å²) in [5.41, 5.74) is 2.40. The Hall–Kier alpha value is -1.92. The molecule has 3 aromatic rings. The van der Waals surface area contributed by atoms with E-state index in [1.54, 1.807) is 10.9 Å². The van der Waals surface area contributed by atoms with Gasteiger partial charge in [-0.2, -0.15) is 5.10 Å². The monoisotopic (exact) mass is 364 g/mol. The molecular formula is C16H14BrFN2O2. The molecule has 22 heavy (non-hydrogen) atoms. The van der Waals surface area contributed by atoms with E-state index in [2.05, 4.69) is 21.0 Å². The van der Waals surface area contributed by atoms with Crippen LogP contribution in [0.4, 0.5) is 4.39 Å². The molecule has 6 heteroatoms. The molecular weight excluding hydrogens is 351 g/mol. The zero-order valence-electron chi connectivity index (χ0n) is 12.1. The zero-order chi connectivity index (χ0) is 15.7. The van der Waals surface area contributed by atoms with Crippen molar-refractivity contribution < 1.29 is 13.9 Å². The Balaban J connectivity index is 2.18. The van der Waals surface area contributed by atoms with Gasteiger partial charge in [0.1, 0.15) is 0 Å². The minimum absolute atomic E-state index is 0.00428. The van der Waals surface area contributed by atoms with Gasteiger partial charge in [0.2, 0.25) is 0 Å². The highest BCUT2D eigenvalue weighted by Gasteiger charge is 2.16. The summed E-state index contributed by atoms with van der Waals surface area (Å²) in [6.07, 6.45) is 1.65. The molecule has 0 saturated heterocycles. The van der Waals surface area contributed by atoms with Crippen LogP contribution in [-0.4, -0.2) is 23.7 Å². The average Bonchev–Trinajstić information content (AvgIpc) is 2.92. The summed E-state index contributed by atoms with van der Waals surface area (Å²) in [7, 11) is 1.50. The number of aryl methyl sites for hydroxylation is 1. The number of benzene rings is 2. The van der Waals surface area contributed by atoms with Crippen LogP contribution in [0.25, 0.3) is 16.6 Å². The van der Waals surface area contributed by atoms with Crippen molar-refractivity contribution in [3.05, 3.63) is 52.4 Å². The Bertz CT molecular complexity index is 815. The van der Waals surface area contributed by atoms with Crippen molar-refractivity contribution in [2.45, 2.75) is 6.92 Å². The molecule has 0 saturated carbocycles. The third kappa shape index (κ3) is 2.60. The standard InChI is InChI=1S/C16H14BrFN2O2/c1-10-15-11(7-14(18)16(10)22-9-21-2)8-19-20(15)13-5-3-12(17)4-6-13/h3-8H,9H2,1-2H3. The molecule has 114 valence electrons. The van der Waals surface area contributed by atoms with E-state index < -0.39 is 5.82 Å². The van der Waals surface area contributed by atoms with Gasteiger partial charge in [0.15, 0.2) is 18.4 Å². The van der Waals surface area contributed by atoms with Crippen molar-refractivity contribution >= 4 is 26.8 Å². The topological polar surface area (TPSA) is 36.3 Å². The summed E-state index contributed by atoms with van der Waals surface area (Å²) in [5.74, 6) is -0.231. The van der Waals surface area contributed by atoms with E-state index in [0.717, 1.165) is 21.1 Å². The lowest BCUT2D eigenvalue weighted by molar-refractivity contribution is 0.0479. The van der Waals surface area contributed by atoms with Gasteiger partial charge in [-0.15, -0.1) is 0 Å². The van der Waals surface area contributed by atoms with Crippen LogP contribution < -0.4 is 4.74 Å². The van der Waals surface area contributed by atoms with Gasteiger partial charge in [-0.05, 0) is 37.3 Å². The van der Waals surface area contributed by atoms with E-state index >= 15 is 0 Å². The van der Waals surface area contributed by atoms with Crippen LogP contribution in [0.15, 0.2) is 41.0 Å². The fraction of sp³-hybridized carbons (Fsp3) is 0.188. The largest absolute Gasteiger partial charge is 0.464 e. The van der Waals surface area contributed by atoms with Gasteiger partial charge < -0.3 is 9.47 Å². The predicted molar refractivity (Wildman–Crippen MR) is 86.0 cm³/mol. The predicted octanol–water partition coefficient (Wildman–Crippen LogP) is 4.22. The second kappa shape index (κ2) is 6.06. The van der Waals surface area contributed by atoms with Crippen molar-refractivity contribution in [1.29, 1.82) is 0 Å². The van der Waals surface area contributed by atoms with E-state index in [-0.39, 0.29) is 12.5 Å². The quantitative estimate of drug-likeness (QED) is 0.650. The van der Waals surface area contributed by atoms with Crippen molar-refractivity contribution in [3.63, 3.8) is 0 Å². The van der Waals surface area contributed by atoms with Gasteiger partial charge in [-0.3, -0.25) is 0 Å². The number of methoxy groups -OCH3 is 1. The van der Waals surface area contributed by atoms with Gasteiger partial charge in [0.05, 0.1) is 17.4 Å². The number of fused-ring (bicyclic) bond motifs is 1. The summed E-state index contributed by atoms with van der Waals surface area (Å²) in [6, 6.07) is 9.17. The lowest BCUT2D eigenvalue weighted by atomic mass is 10.1. The fourth-order valence-electron chi connectivity index (χ4n) is 2.40. The Morgan fingerprint density at radius 1 is 1.27 bits per heavy atom. The first-order valence-corrected chi connectivity index (χ1v) is 7.45. The highest BCUT2D eigenvalue weighted by Crippen LogP contribution is 2.32. The lowest BCUT2D eigenvalue weighted by Crippen LogP contribution is -2.04. The summed E-state index contributed by atoms with van der Waals surface area (Å²) in [5, 5.41) is 5.09. The first kappa shape index (κ1) is 15.0. The smallest absolute Gasteiger partial charge is 0.188 e. The van der Waals surface area contributed by atoms with Crippen molar-refractivity contribution in [2.24, 2.45) is 0 Å². The molecule has 4 nitrogen and oxygen atoms in total. The Morgan fingerprint density at radius 3 is 2.68 bits per heavy atom. The van der Waals surface area contributed by atoms with Crippen LogP contribution in [0.5, 0.6) is 5.75 Å². The molecule has 1 aromatic heterocycles. The van der Waals surface area contributed by atoms with Gasteiger partial charge in [0.25, 0.3) is 0 Å². The second-order valence-corrected chi connectivity index (χ2v) is 5.75. The first-order valence-electron chi connectivity index (χ1n) is 6.66. The van der Waals surface area contributed by atoms with E-state index in [0.29, 0.717) is 5.56 Å². The number of halogens is 2. The van der Waals surface area contributed by atoms with Crippen LogP contribution in [0.2, 0.25) is 0 Å². The summed E-state index contributed by atoms with van der Waals surface area (Å²) in [6.45, 7) is 1.81. The molecule has 0 atom stereocenters. The van der Waals surface area contributed by atoms with Crippen LogP contribution >= 0.6 is 15.9 Å². The Morgan fingerprint density at radius 2 is 2.00 bits per heavy atom. The normalized spacial score (nSPS) is 11.1. The van der Waals surface area contributed by atoms with Crippen LogP contribution in [0.1, 0.15) is 5.56 Å². The Labute approximate surface area is 135 Å². The molecule has 0 amide bonds. The molecule has 2 aromatic carbocycles. The number of hydrogen-bond acceptors (Lipinski definition) is 3. The van der Waals surface area contributed by atoms with E-state index in [1.807, 2.05) is 31.2 Å². The van der Waals surface area contributed by atoms with Crippen molar-refractivity contribution in [3.8, 4) is 11.4 Å². The molecule has 0 aliphatic heterocycles. The van der Waals surface area contributed by atoms with Crippen LogP contribution in [0, 0.1) is 12.7 Å². The maximum Gasteiger partial charge on any atom is 0.188 e. The van der Waals surface area contributed by atoms with Crippen molar-refractivity contribution in [2.75, 3.05) is 13.9 Å². The molecule has 0 aliphatic carbocycles. The maximum absolute atomic E-state index is 14.1. The van der Waals surface area contributed by atoms with Gasteiger partial charge >= 0.3 is 0 Å². The summed E-state index contributed by atoms with van der Waals surface area (Å²) < 4.78 is 27.1. The molecule has 0 unspecified atom stereocenters. The molecule has 0 fully saturated rings. The second-order valence-electron chi connectivity index (χ2n) is 4.83. The first-order chi connectivity index (χ1) is 10.6. The molecule has 0 spiro atoms. The highest BCUT2D eigenvalue weighted by atomic mass is 79.9. The van der Waals surface area contributed by atoms with E-state index in [4.69, 9.17) is 9.47 Å². The van der Waals surface area contributed by atoms with Gasteiger partial charge in [-0.1, -0.05) is 15.9 Å². The number of rotatable bonds is 4. The third-order valence-corrected chi connectivity index (χ3v) is 3.91. The Kier molecular flexibility index (Phi) is 4.13. The van der Waals surface area contributed by atoms with Gasteiger partial charge in [0, 0.05) is 22.5 Å². The van der Waals surface area contributed by atoms with E-state index in [9.17, 15) is 4.39 Å². The van der Waals surface area contributed by atoms with E-state index in [1.165, 1.54) is 13.2 Å². The van der Waals surface area contributed by atoms with Crippen LogP contribution in [0.3, 0.4) is 0 Å². The number of aromatic nitrogens is 2.